The summed E-state index contributed by atoms with van der Waals surface area (Å²) in [5.74, 6) is 0.0414. The Morgan fingerprint density at radius 2 is 2.05 bits per heavy atom. The van der Waals surface area contributed by atoms with E-state index in [4.69, 9.17) is 11.6 Å². The van der Waals surface area contributed by atoms with E-state index in [0.717, 1.165) is 0 Å². The van der Waals surface area contributed by atoms with Crippen LogP contribution in [-0.4, -0.2) is 15.6 Å². The monoisotopic (exact) mass is 403 g/mol. The lowest BCUT2D eigenvalue weighted by Crippen LogP contribution is -2.33. The van der Waals surface area contributed by atoms with E-state index >= 15 is 0 Å². The van der Waals surface area contributed by atoms with E-state index in [1.807, 2.05) is 20.8 Å². The molecule has 1 atom stereocenters. The third-order valence-corrected chi connectivity index (χ3v) is 5.54. The lowest BCUT2D eigenvalue weighted by atomic mass is 10.1. The Morgan fingerprint density at radius 3 is 2.52 bits per heavy atom. The summed E-state index contributed by atoms with van der Waals surface area (Å²) in [7, 11) is -1.34. The summed E-state index contributed by atoms with van der Waals surface area (Å²) in [4.78, 5) is 0. The Kier molecular flexibility index (Phi) is 6.58. The zero-order valence-corrected chi connectivity index (χ0v) is 15.3. The van der Waals surface area contributed by atoms with Crippen LogP contribution < -0.4 is 9.46 Å². The predicted molar refractivity (Wildman–Crippen MR) is 85.3 cm³/mol. The fraction of sp³-hybridized carbons (Fsp3) is 0.538. The molecule has 0 aromatic heterocycles. The highest BCUT2D eigenvalue weighted by Crippen LogP contribution is 2.37. The van der Waals surface area contributed by atoms with Crippen LogP contribution in [0.3, 0.4) is 0 Å². The van der Waals surface area contributed by atoms with Gasteiger partial charge in [0.2, 0.25) is 0 Å². The lowest BCUT2D eigenvalue weighted by molar-refractivity contribution is -0.0509. The number of hydrogen-bond acceptors (Lipinski definition) is 2. The third kappa shape index (κ3) is 5.16. The number of ether oxygens (including phenoxy) is 1. The highest BCUT2D eigenvalue weighted by Gasteiger charge is 2.22. The van der Waals surface area contributed by atoms with Crippen LogP contribution in [0.4, 0.5) is 8.78 Å². The number of benzene rings is 1. The van der Waals surface area contributed by atoms with E-state index < -0.39 is 22.3 Å². The first-order valence-corrected chi connectivity index (χ1v) is 8.43. The van der Waals surface area contributed by atoms with Gasteiger partial charge in [0.25, 0.3) is 0 Å². The Labute approximate surface area is 139 Å². The largest absolute Gasteiger partial charge is 0.434 e. The molecule has 0 aliphatic heterocycles. The molecule has 0 saturated carbocycles. The number of halogens is 4. The number of alkyl halides is 2. The maximum Gasteiger partial charge on any atom is 0.387 e. The molecule has 120 valence electrons. The van der Waals surface area contributed by atoms with Crippen LogP contribution in [0.25, 0.3) is 0 Å². The first-order valence-electron chi connectivity index (χ1n) is 6.11. The summed E-state index contributed by atoms with van der Waals surface area (Å²) in [6.45, 7) is 4.21. The molecule has 1 rings (SSSR count). The molecule has 0 fully saturated rings. The quantitative estimate of drug-likeness (QED) is 0.781. The van der Waals surface area contributed by atoms with Crippen molar-refractivity contribution in [2.24, 2.45) is 0 Å². The minimum atomic E-state index is -2.94. The van der Waals surface area contributed by atoms with Crippen molar-refractivity contribution in [3.05, 3.63) is 26.7 Å². The normalized spacial score (nSPS) is 13.6. The summed E-state index contributed by atoms with van der Waals surface area (Å²) in [5.41, 5.74) is 0.903. The second-order valence-electron chi connectivity index (χ2n) is 5.38. The van der Waals surface area contributed by atoms with Crippen molar-refractivity contribution in [2.75, 3.05) is 0 Å². The third-order valence-electron chi connectivity index (χ3n) is 2.59. The van der Waals surface area contributed by atoms with Crippen LogP contribution in [-0.2, 0) is 17.5 Å². The van der Waals surface area contributed by atoms with Crippen LogP contribution >= 0.6 is 27.5 Å². The van der Waals surface area contributed by atoms with Crippen molar-refractivity contribution < 1.29 is 17.7 Å². The molecule has 0 saturated heterocycles. The van der Waals surface area contributed by atoms with E-state index in [2.05, 4.69) is 25.4 Å². The minimum absolute atomic E-state index is 0.0414. The van der Waals surface area contributed by atoms with Crippen LogP contribution in [0.5, 0.6) is 5.75 Å². The fourth-order valence-corrected chi connectivity index (χ4v) is 2.99. The van der Waals surface area contributed by atoms with Crippen molar-refractivity contribution in [2.45, 2.75) is 45.6 Å². The Bertz CT molecular complexity index is 550. The Morgan fingerprint density at radius 1 is 1.48 bits per heavy atom. The van der Waals surface area contributed by atoms with Gasteiger partial charge in [-0.1, -0.05) is 11.6 Å². The molecule has 0 aliphatic carbocycles. The number of hydrogen-bond donors (Lipinski definition) is 1. The fourth-order valence-electron chi connectivity index (χ4n) is 1.57. The molecule has 0 radical (unpaired) electrons. The topological polar surface area (TPSA) is 38.3 Å². The molecule has 0 spiro atoms. The van der Waals surface area contributed by atoms with Crippen molar-refractivity contribution in [1.29, 1.82) is 0 Å². The van der Waals surface area contributed by atoms with Gasteiger partial charge in [-0.05, 0) is 55.3 Å². The number of rotatable bonds is 5. The molecule has 1 N–H and O–H groups in total. The summed E-state index contributed by atoms with van der Waals surface area (Å²) >= 11 is 9.30. The number of nitrogens with one attached hydrogen (secondary N) is 1. The molecule has 0 aliphatic rings. The molecule has 0 bridgehead atoms. The van der Waals surface area contributed by atoms with Crippen molar-refractivity contribution in [3.63, 3.8) is 0 Å². The Hall–Kier alpha value is -0.240. The van der Waals surface area contributed by atoms with Gasteiger partial charge in [0.05, 0.1) is 20.8 Å². The summed E-state index contributed by atoms with van der Waals surface area (Å²) in [6.07, 6.45) is 0. The van der Waals surface area contributed by atoms with Gasteiger partial charge in [0, 0.05) is 16.6 Å². The summed E-state index contributed by atoms with van der Waals surface area (Å²) < 4.78 is 44.5. The second-order valence-corrected chi connectivity index (χ2v) is 8.63. The molecular formula is C13H17BrClF2NO2S. The maximum atomic E-state index is 12.5. The van der Waals surface area contributed by atoms with Crippen LogP contribution in [0.2, 0.25) is 5.02 Å². The average Bonchev–Trinajstić information content (AvgIpc) is 2.33. The van der Waals surface area contributed by atoms with E-state index in [9.17, 15) is 13.0 Å². The number of aryl methyl sites for hydroxylation is 1. The van der Waals surface area contributed by atoms with Gasteiger partial charge in [0.15, 0.2) is 0 Å². The predicted octanol–water partition coefficient (Wildman–Crippen LogP) is 4.56. The molecule has 1 aromatic carbocycles. The zero-order chi connectivity index (χ0) is 16.4. The molecule has 0 heterocycles. The molecule has 21 heavy (non-hydrogen) atoms. The van der Waals surface area contributed by atoms with Crippen LogP contribution in [0.15, 0.2) is 10.5 Å². The van der Waals surface area contributed by atoms with Crippen molar-refractivity contribution in [3.8, 4) is 5.75 Å². The van der Waals surface area contributed by atoms with E-state index in [-0.39, 0.29) is 12.3 Å². The lowest BCUT2D eigenvalue weighted by Gasteiger charge is -2.20. The van der Waals surface area contributed by atoms with E-state index in [1.54, 1.807) is 6.92 Å². The maximum absolute atomic E-state index is 12.5. The van der Waals surface area contributed by atoms with Crippen molar-refractivity contribution in [1.82, 2.24) is 4.72 Å². The van der Waals surface area contributed by atoms with Crippen molar-refractivity contribution >= 4 is 38.5 Å². The molecular weight excluding hydrogens is 388 g/mol. The van der Waals surface area contributed by atoms with Gasteiger partial charge < -0.3 is 4.74 Å². The average molecular weight is 405 g/mol. The van der Waals surface area contributed by atoms with Gasteiger partial charge in [0.1, 0.15) is 5.75 Å². The smallest absolute Gasteiger partial charge is 0.387 e. The van der Waals surface area contributed by atoms with E-state index in [0.29, 0.717) is 20.6 Å². The van der Waals surface area contributed by atoms with Gasteiger partial charge in [-0.2, -0.15) is 8.78 Å². The molecule has 0 amide bonds. The second kappa shape index (κ2) is 7.35. The van der Waals surface area contributed by atoms with Crippen LogP contribution in [0, 0.1) is 6.92 Å². The molecule has 3 nitrogen and oxygen atoms in total. The highest BCUT2D eigenvalue weighted by molar-refractivity contribution is 9.10. The highest BCUT2D eigenvalue weighted by atomic mass is 79.9. The summed E-state index contributed by atoms with van der Waals surface area (Å²) in [5, 5.41) is 0.382. The SMILES string of the molecule is Cc1cc(Cl)c(Br)c(CNS(=O)C(C)(C)C)c1OC(F)F. The van der Waals surface area contributed by atoms with Gasteiger partial charge >= 0.3 is 6.61 Å². The van der Waals surface area contributed by atoms with Gasteiger partial charge in [-0.15, -0.1) is 0 Å². The molecule has 8 heteroatoms. The molecule has 1 aromatic rings. The minimum Gasteiger partial charge on any atom is -0.434 e. The van der Waals surface area contributed by atoms with E-state index in [1.165, 1.54) is 6.07 Å². The van der Waals surface area contributed by atoms with Gasteiger partial charge in [-0.3, -0.25) is 0 Å². The first kappa shape index (κ1) is 18.8. The van der Waals surface area contributed by atoms with Gasteiger partial charge in [-0.25, -0.2) is 8.93 Å². The van der Waals surface area contributed by atoms with Crippen LogP contribution in [0.1, 0.15) is 31.9 Å². The zero-order valence-electron chi connectivity index (χ0n) is 12.1. The first-order chi connectivity index (χ1) is 9.54. The summed E-state index contributed by atoms with van der Waals surface area (Å²) in [6, 6.07) is 1.54. The standard InChI is InChI=1S/C13H17BrClF2NO2S/c1-7-5-9(15)10(14)8(11(7)20-12(16)17)6-18-21(19)13(2,3)4/h5,12,18H,6H2,1-4H3. The Balaban J connectivity index is 3.12. The molecule has 1 unspecified atom stereocenters.